The Labute approximate surface area is 128 Å². The number of piperidine rings is 1. The Morgan fingerprint density at radius 3 is 2.32 bits per heavy atom. The van der Waals surface area contributed by atoms with Crippen LogP contribution in [0.5, 0.6) is 0 Å². The summed E-state index contributed by atoms with van der Waals surface area (Å²) < 4.78 is 24.7. The zero-order valence-corrected chi connectivity index (χ0v) is 13.0. The number of pyridine rings is 1. The maximum atomic E-state index is 12.4. The number of nitrogens with zero attached hydrogens (tertiary/aromatic N) is 3. The van der Waals surface area contributed by atoms with E-state index in [1.807, 2.05) is 0 Å². The second kappa shape index (κ2) is 5.05. The van der Waals surface area contributed by atoms with Crippen molar-refractivity contribution in [1.29, 1.82) is 0 Å². The first kappa shape index (κ1) is 15.0. The lowest BCUT2D eigenvalue weighted by atomic mass is 10.0. The van der Waals surface area contributed by atoms with Crippen molar-refractivity contribution in [1.82, 2.24) is 14.8 Å². The number of aromatic nitrogens is 1. The maximum Gasteiger partial charge on any atom is 0.253 e. The van der Waals surface area contributed by atoms with Crippen LogP contribution in [0.2, 0.25) is 0 Å². The van der Waals surface area contributed by atoms with E-state index in [2.05, 4.69) is 4.98 Å². The Hall–Kier alpha value is -1.96. The van der Waals surface area contributed by atoms with Gasteiger partial charge in [0.2, 0.25) is 5.91 Å². The van der Waals surface area contributed by atoms with Gasteiger partial charge in [-0.25, -0.2) is 8.42 Å². The molecule has 0 unspecified atom stereocenters. The first-order valence-corrected chi connectivity index (χ1v) is 8.71. The van der Waals surface area contributed by atoms with Crippen molar-refractivity contribution in [2.45, 2.75) is 17.7 Å². The minimum absolute atomic E-state index is 0.137. The topological polar surface area (TPSA) is 87.7 Å². The number of hydrogen-bond donors (Lipinski definition) is 0. The van der Waals surface area contributed by atoms with Gasteiger partial charge in [-0.3, -0.25) is 14.6 Å². The highest BCUT2D eigenvalue weighted by Crippen LogP contribution is 2.38. The van der Waals surface area contributed by atoms with Gasteiger partial charge < -0.3 is 9.80 Å². The normalized spacial score (nSPS) is 23.0. The molecule has 3 heterocycles. The zero-order chi connectivity index (χ0) is 16.0. The molecule has 2 fully saturated rings. The van der Waals surface area contributed by atoms with Gasteiger partial charge in [0.15, 0.2) is 9.84 Å². The number of carbonyl (C=O) groups excluding carboxylic acids is 2. The van der Waals surface area contributed by atoms with Crippen LogP contribution in [0.15, 0.2) is 24.5 Å². The highest BCUT2D eigenvalue weighted by atomic mass is 32.2. The van der Waals surface area contributed by atoms with E-state index >= 15 is 0 Å². The van der Waals surface area contributed by atoms with Gasteiger partial charge in [-0.05, 0) is 12.1 Å². The maximum absolute atomic E-state index is 12.4. The van der Waals surface area contributed by atoms with Crippen LogP contribution >= 0.6 is 0 Å². The van der Waals surface area contributed by atoms with E-state index in [-0.39, 0.29) is 24.7 Å². The van der Waals surface area contributed by atoms with Gasteiger partial charge in [-0.15, -0.1) is 0 Å². The molecular weight excluding hydrogens is 306 g/mol. The molecule has 0 aromatic carbocycles. The zero-order valence-electron chi connectivity index (χ0n) is 12.2. The molecule has 0 saturated carbocycles. The Balaban J connectivity index is 1.78. The second-order valence-corrected chi connectivity index (χ2v) is 7.96. The molecule has 2 amide bonds. The number of sulfone groups is 1. The van der Waals surface area contributed by atoms with E-state index in [0.717, 1.165) is 0 Å². The van der Waals surface area contributed by atoms with Crippen molar-refractivity contribution >= 4 is 21.7 Å². The average Bonchev–Trinajstić information content (AvgIpc) is 2.68. The standard InChI is InChI=1S/C14H17N3O4S/c1-16-12(18)10-22(20,21)14(16)4-8-17(9-5-14)13(19)11-2-6-15-7-3-11/h2-3,6-7H,4-5,8-10H2,1H3. The molecule has 2 aliphatic heterocycles. The van der Waals surface area contributed by atoms with E-state index in [0.29, 0.717) is 18.7 Å². The predicted octanol–water partition coefficient (Wildman–Crippen LogP) is -0.0993. The van der Waals surface area contributed by atoms with E-state index in [1.165, 1.54) is 11.9 Å². The van der Waals surface area contributed by atoms with Crippen LogP contribution in [0.25, 0.3) is 0 Å². The van der Waals surface area contributed by atoms with Crippen molar-refractivity contribution in [2.75, 3.05) is 25.9 Å². The molecule has 1 spiro atoms. The van der Waals surface area contributed by atoms with Gasteiger partial charge in [-0.2, -0.15) is 0 Å². The lowest BCUT2D eigenvalue weighted by molar-refractivity contribution is -0.129. The van der Waals surface area contributed by atoms with Gasteiger partial charge in [0.05, 0.1) is 0 Å². The quantitative estimate of drug-likeness (QED) is 0.720. The van der Waals surface area contributed by atoms with Crippen molar-refractivity contribution < 1.29 is 18.0 Å². The van der Waals surface area contributed by atoms with E-state index in [1.54, 1.807) is 29.4 Å². The summed E-state index contributed by atoms with van der Waals surface area (Å²) in [6.07, 6.45) is 3.61. The van der Waals surface area contributed by atoms with E-state index in [9.17, 15) is 18.0 Å². The van der Waals surface area contributed by atoms with Crippen LogP contribution < -0.4 is 0 Å². The number of likely N-dealkylation sites (tertiary alicyclic amines) is 1. The lowest BCUT2D eigenvalue weighted by Gasteiger charge is -2.41. The molecular formula is C14H17N3O4S. The summed E-state index contributed by atoms with van der Waals surface area (Å²) in [4.78, 5) is 29.8. The summed E-state index contributed by atoms with van der Waals surface area (Å²) in [5.41, 5.74) is 0.532. The largest absolute Gasteiger partial charge is 0.338 e. The van der Waals surface area contributed by atoms with Crippen LogP contribution in [0.4, 0.5) is 0 Å². The minimum Gasteiger partial charge on any atom is -0.338 e. The van der Waals surface area contributed by atoms with Crippen LogP contribution in [0.3, 0.4) is 0 Å². The fourth-order valence-electron chi connectivity index (χ4n) is 3.21. The molecule has 1 aromatic rings. The van der Waals surface area contributed by atoms with Gasteiger partial charge in [0.25, 0.3) is 5.91 Å². The number of carbonyl (C=O) groups is 2. The van der Waals surface area contributed by atoms with Gasteiger partial charge in [0, 0.05) is 50.9 Å². The monoisotopic (exact) mass is 323 g/mol. The van der Waals surface area contributed by atoms with Crippen molar-refractivity contribution in [3.05, 3.63) is 30.1 Å². The Bertz CT molecular complexity index is 709. The Morgan fingerprint density at radius 2 is 1.82 bits per heavy atom. The molecule has 7 nitrogen and oxygen atoms in total. The number of rotatable bonds is 1. The summed E-state index contributed by atoms with van der Waals surface area (Å²) >= 11 is 0. The molecule has 3 rings (SSSR count). The fraction of sp³-hybridized carbons (Fsp3) is 0.500. The first-order chi connectivity index (χ1) is 10.4. The fourth-order valence-corrected chi connectivity index (χ4v) is 5.32. The lowest BCUT2D eigenvalue weighted by Crippen LogP contribution is -2.55. The van der Waals surface area contributed by atoms with Crippen LogP contribution in [-0.4, -0.2) is 65.8 Å². The molecule has 8 heteroatoms. The third kappa shape index (κ3) is 2.09. The number of amides is 2. The molecule has 0 bridgehead atoms. The van der Waals surface area contributed by atoms with Gasteiger partial charge >= 0.3 is 0 Å². The van der Waals surface area contributed by atoms with E-state index < -0.39 is 20.5 Å². The summed E-state index contributed by atoms with van der Waals surface area (Å²) in [6.45, 7) is 0.635. The van der Waals surface area contributed by atoms with Gasteiger partial charge in [-0.1, -0.05) is 0 Å². The Kier molecular flexibility index (Phi) is 3.43. The summed E-state index contributed by atoms with van der Waals surface area (Å²) in [7, 11) is -1.96. The van der Waals surface area contributed by atoms with Gasteiger partial charge in [0.1, 0.15) is 10.6 Å². The third-order valence-corrected chi connectivity index (χ3v) is 7.10. The van der Waals surface area contributed by atoms with Crippen LogP contribution in [0, 0.1) is 0 Å². The first-order valence-electron chi connectivity index (χ1n) is 7.06. The van der Waals surface area contributed by atoms with E-state index in [4.69, 9.17) is 0 Å². The van der Waals surface area contributed by atoms with Crippen molar-refractivity contribution in [3.8, 4) is 0 Å². The summed E-state index contributed by atoms with van der Waals surface area (Å²) in [5, 5.41) is 0. The molecule has 1 aromatic heterocycles. The van der Waals surface area contributed by atoms with Crippen LogP contribution in [0.1, 0.15) is 23.2 Å². The molecule has 0 N–H and O–H groups in total. The Morgan fingerprint density at radius 1 is 1.23 bits per heavy atom. The smallest absolute Gasteiger partial charge is 0.253 e. The summed E-state index contributed by atoms with van der Waals surface area (Å²) in [5.74, 6) is -0.933. The molecule has 22 heavy (non-hydrogen) atoms. The average molecular weight is 323 g/mol. The van der Waals surface area contributed by atoms with Crippen molar-refractivity contribution in [3.63, 3.8) is 0 Å². The highest BCUT2D eigenvalue weighted by molar-refractivity contribution is 7.93. The third-order valence-electron chi connectivity index (χ3n) is 4.64. The molecule has 0 atom stereocenters. The molecule has 0 radical (unpaired) electrons. The van der Waals surface area contributed by atoms with Crippen molar-refractivity contribution in [2.24, 2.45) is 0 Å². The molecule has 0 aliphatic carbocycles. The number of hydrogen-bond acceptors (Lipinski definition) is 5. The predicted molar refractivity (Wildman–Crippen MR) is 78.7 cm³/mol. The molecule has 2 saturated heterocycles. The second-order valence-electron chi connectivity index (χ2n) is 5.69. The van der Waals surface area contributed by atoms with Crippen LogP contribution in [-0.2, 0) is 14.6 Å². The summed E-state index contributed by atoms with van der Waals surface area (Å²) in [6, 6.07) is 3.27. The molecule has 2 aliphatic rings. The minimum atomic E-state index is -3.49. The SMILES string of the molecule is CN1C(=O)CS(=O)(=O)C12CCN(C(=O)c1ccncc1)CC2. The highest BCUT2D eigenvalue weighted by Gasteiger charge is 2.57. The molecule has 118 valence electrons.